The van der Waals surface area contributed by atoms with E-state index in [1.807, 2.05) is 7.05 Å². The number of para-hydroxylation sites is 4. The lowest BCUT2D eigenvalue weighted by Gasteiger charge is -2.06. The van der Waals surface area contributed by atoms with E-state index in [9.17, 15) is 0 Å². The molecule has 3 aromatic heterocycles. The van der Waals surface area contributed by atoms with Gasteiger partial charge in [-0.2, -0.15) is 0 Å². The topological polar surface area (TPSA) is 13.2 Å². The molecule has 0 bridgehead atoms. The summed E-state index contributed by atoms with van der Waals surface area (Å²) in [6.07, 6.45) is 3.46. The highest BCUT2D eigenvalue weighted by Gasteiger charge is 2.17. The number of aromatic nitrogens is 3. The molecule has 3 heteroatoms. The maximum absolute atomic E-state index is 3.46. The van der Waals surface area contributed by atoms with E-state index in [1.54, 1.807) is 0 Å². The van der Waals surface area contributed by atoms with E-state index in [1.165, 1.54) is 43.6 Å². The molecular formula is C26H17N3. The highest BCUT2D eigenvalue weighted by molar-refractivity contribution is 6.23. The van der Waals surface area contributed by atoms with Gasteiger partial charge in [-0.1, -0.05) is 72.8 Å². The van der Waals surface area contributed by atoms with Crippen molar-refractivity contribution in [3.8, 4) is 5.69 Å². The van der Waals surface area contributed by atoms with Crippen LogP contribution in [0.5, 0.6) is 0 Å². The van der Waals surface area contributed by atoms with Gasteiger partial charge >= 0.3 is 0 Å². The Kier molecular flexibility index (Phi) is 2.68. The molecule has 0 saturated heterocycles. The molecule has 7 aromatic rings. The molecule has 0 spiro atoms. The molecule has 0 amide bonds. The van der Waals surface area contributed by atoms with Gasteiger partial charge in [-0.05, 0) is 12.1 Å². The molecule has 0 aliphatic rings. The van der Waals surface area contributed by atoms with Gasteiger partial charge in [0.05, 0.1) is 34.8 Å². The lowest BCUT2D eigenvalue weighted by Crippen LogP contribution is -2.26. The van der Waals surface area contributed by atoms with Gasteiger partial charge in [0.1, 0.15) is 0 Å². The molecule has 3 heterocycles. The molecule has 0 fully saturated rings. The second-order valence-corrected chi connectivity index (χ2v) is 7.74. The minimum absolute atomic E-state index is 1.12. The van der Waals surface area contributed by atoms with Gasteiger partial charge in [0.25, 0.3) is 0 Å². The summed E-state index contributed by atoms with van der Waals surface area (Å²) >= 11 is 0. The fourth-order valence-electron chi connectivity index (χ4n) is 4.95. The van der Waals surface area contributed by atoms with Crippen molar-refractivity contribution in [3.05, 3.63) is 91.3 Å². The molecule has 0 aliphatic heterocycles. The van der Waals surface area contributed by atoms with Crippen LogP contribution >= 0.6 is 0 Å². The first-order valence-electron chi connectivity index (χ1n) is 9.87. The van der Waals surface area contributed by atoms with Crippen molar-refractivity contribution in [1.29, 1.82) is 0 Å². The molecule has 136 valence electrons. The van der Waals surface area contributed by atoms with Gasteiger partial charge in [0.2, 0.25) is 6.33 Å². The summed E-state index contributed by atoms with van der Waals surface area (Å²) in [6, 6.07) is 30.5. The first kappa shape index (κ1) is 15.1. The molecule has 29 heavy (non-hydrogen) atoms. The molecule has 0 saturated carbocycles. The summed E-state index contributed by atoms with van der Waals surface area (Å²) in [4.78, 5) is 0. The number of imidazole rings is 1. The van der Waals surface area contributed by atoms with Crippen LogP contribution in [-0.4, -0.2) is 8.97 Å². The van der Waals surface area contributed by atoms with Crippen LogP contribution in [0.4, 0.5) is 0 Å². The van der Waals surface area contributed by atoms with Crippen molar-refractivity contribution < 1.29 is 4.57 Å². The maximum atomic E-state index is 3.46. The first-order valence-corrected chi connectivity index (χ1v) is 9.87. The SMILES string of the molecule is C[n+]1[c-]n(-c2ccc3c4cccc5c6ccccc6n(c3c2)c54)c2ccccc21. The lowest BCUT2D eigenvalue weighted by molar-refractivity contribution is -0.649. The van der Waals surface area contributed by atoms with Crippen LogP contribution in [0, 0.1) is 6.33 Å². The van der Waals surface area contributed by atoms with Crippen LogP contribution in [-0.2, 0) is 7.05 Å². The molecule has 3 nitrogen and oxygen atoms in total. The quantitative estimate of drug-likeness (QED) is 0.271. The van der Waals surface area contributed by atoms with Gasteiger partial charge < -0.3 is 13.5 Å². The summed E-state index contributed by atoms with van der Waals surface area (Å²) in [5, 5.41) is 5.23. The van der Waals surface area contributed by atoms with Gasteiger partial charge in [0.15, 0.2) is 0 Å². The van der Waals surface area contributed by atoms with Gasteiger partial charge in [0, 0.05) is 27.1 Å². The lowest BCUT2D eigenvalue weighted by atomic mass is 10.1. The van der Waals surface area contributed by atoms with Gasteiger partial charge in [-0.3, -0.25) is 0 Å². The molecule has 0 unspecified atom stereocenters. The summed E-state index contributed by atoms with van der Waals surface area (Å²) < 4.78 is 6.63. The summed E-state index contributed by atoms with van der Waals surface area (Å²) in [5.41, 5.74) is 7.27. The summed E-state index contributed by atoms with van der Waals surface area (Å²) in [6.45, 7) is 0. The summed E-state index contributed by atoms with van der Waals surface area (Å²) in [5.74, 6) is 0. The maximum Gasteiger partial charge on any atom is 0.244 e. The first-order chi connectivity index (χ1) is 14.3. The average Bonchev–Trinajstić information content (AvgIpc) is 3.40. The van der Waals surface area contributed by atoms with Crippen molar-refractivity contribution in [2.24, 2.45) is 7.05 Å². The van der Waals surface area contributed by atoms with E-state index in [2.05, 4.69) is 105 Å². The second kappa shape index (κ2) is 5.15. The zero-order valence-corrected chi connectivity index (χ0v) is 15.9. The molecule has 0 N–H and O–H groups in total. The third-order valence-corrected chi connectivity index (χ3v) is 6.20. The number of nitrogens with zero attached hydrogens (tertiary/aromatic N) is 3. The van der Waals surface area contributed by atoms with E-state index in [0.717, 1.165) is 11.2 Å². The number of hydrogen-bond donors (Lipinski definition) is 0. The fraction of sp³-hybridized carbons (Fsp3) is 0.0385. The molecule has 0 aliphatic carbocycles. The van der Waals surface area contributed by atoms with Crippen molar-refractivity contribution in [2.75, 3.05) is 0 Å². The fourth-order valence-corrected chi connectivity index (χ4v) is 4.95. The number of aryl methyl sites for hydroxylation is 1. The van der Waals surface area contributed by atoms with Crippen LogP contribution < -0.4 is 4.57 Å². The van der Waals surface area contributed by atoms with Gasteiger partial charge in [-0.15, -0.1) is 0 Å². The normalized spacial score (nSPS) is 12.3. The Labute approximate surface area is 167 Å². The highest BCUT2D eigenvalue weighted by atomic mass is 15.1. The Morgan fingerprint density at radius 3 is 2.21 bits per heavy atom. The van der Waals surface area contributed by atoms with E-state index < -0.39 is 0 Å². The smallest absolute Gasteiger partial charge is 0.244 e. The molecule has 0 radical (unpaired) electrons. The van der Waals surface area contributed by atoms with Crippen LogP contribution in [0.15, 0.2) is 84.9 Å². The monoisotopic (exact) mass is 371 g/mol. The third kappa shape index (κ3) is 1.80. The van der Waals surface area contributed by atoms with Crippen LogP contribution in [0.2, 0.25) is 0 Å². The van der Waals surface area contributed by atoms with Crippen LogP contribution in [0.3, 0.4) is 0 Å². The molecule has 0 atom stereocenters. The standard InChI is InChI=1S/C26H17N3/c1-27-16-28(24-12-5-4-11-23(24)27)17-13-14-19-21-9-6-8-20-18-7-2-3-10-22(18)29(26(20)21)25(19)15-17/h2-15H,1H3. The van der Waals surface area contributed by atoms with E-state index in [-0.39, 0.29) is 0 Å². The average molecular weight is 371 g/mol. The molecule has 4 aromatic carbocycles. The minimum atomic E-state index is 1.12. The molecule has 7 rings (SSSR count). The Morgan fingerprint density at radius 1 is 0.655 bits per heavy atom. The van der Waals surface area contributed by atoms with Crippen molar-refractivity contribution >= 4 is 49.1 Å². The number of rotatable bonds is 1. The second-order valence-electron chi connectivity index (χ2n) is 7.74. The van der Waals surface area contributed by atoms with E-state index in [4.69, 9.17) is 0 Å². The van der Waals surface area contributed by atoms with Crippen molar-refractivity contribution in [2.45, 2.75) is 0 Å². The van der Waals surface area contributed by atoms with Crippen LogP contribution in [0.25, 0.3) is 54.8 Å². The van der Waals surface area contributed by atoms with E-state index >= 15 is 0 Å². The minimum Gasteiger partial charge on any atom is -0.319 e. The van der Waals surface area contributed by atoms with E-state index in [0.29, 0.717) is 0 Å². The number of hydrogen-bond acceptors (Lipinski definition) is 0. The predicted molar refractivity (Wildman–Crippen MR) is 118 cm³/mol. The largest absolute Gasteiger partial charge is 0.319 e. The van der Waals surface area contributed by atoms with Crippen molar-refractivity contribution in [3.63, 3.8) is 0 Å². The number of benzene rings is 4. The Balaban J connectivity index is 1.66. The zero-order valence-electron chi connectivity index (χ0n) is 15.9. The summed E-state index contributed by atoms with van der Waals surface area (Å²) in [7, 11) is 2.05. The Hall–Kier alpha value is -3.85. The molecular weight excluding hydrogens is 354 g/mol. The zero-order chi connectivity index (χ0) is 19.1. The Bertz CT molecular complexity index is 1720. The highest BCUT2D eigenvalue weighted by Crippen LogP contribution is 2.39. The predicted octanol–water partition coefficient (Wildman–Crippen LogP) is 5.41. The van der Waals surface area contributed by atoms with Gasteiger partial charge in [-0.25, -0.2) is 0 Å². The number of fused-ring (bicyclic) bond motifs is 7. The van der Waals surface area contributed by atoms with Crippen LogP contribution in [0.1, 0.15) is 0 Å². The Morgan fingerprint density at radius 2 is 1.34 bits per heavy atom. The third-order valence-electron chi connectivity index (χ3n) is 6.20. The van der Waals surface area contributed by atoms with Crippen molar-refractivity contribution in [1.82, 2.24) is 8.97 Å².